The van der Waals surface area contributed by atoms with E-state index in [-0.39, 0.29) is 12.3 Å². The molecular formula is C18H18N2O3. The summed E-state index contributed by atoms with van der Waals surface area (Å²) >= 11 is 0. The lowest BCUT2D eigenvalue weighted by Gasteiger charge is -2.05. The van der Waals surface area contributed by atoms with E-state index in [0.29, 0.717) is 11.3 Å². The van der Waals surface area contributed by atoms with Crippen molar-refractivity contribution in [2.24, 2.45) is 0 Å². The molecule has 0 aliphatic heterocycles. The van der Waals surface area contributed by atoms with E-state index in [4.69, 9.17) is 9.26 Å². The summed E-state index contributed by atoms with van der Waals surface area (Å²) < 4.78 is 10.4. The number of aromatic nitrogens is 1. The predicted octanol–water partition coefficient (Wildman–Crippen LogP) is 3.63. The molecule has 0 atom stereocenters. The first kappa shape index (κ1) is 15.1. The number of hydrogen-bond donors (Lipinski definition) is 1. The largest absolute Gasteiger partial charge is 0.497 e. The molecule has 0 saturated carbocycles. The first-order valence-corrected chi connectivity index (χ1v) is 7.36. The molecule has 1 N–H and O–H groups in total. The second kappa shape index (κ2) is 6.12. The molecule has 2 aromatic carbocycles. The second-order valence-electron chi connectivity index (χ2n) is 5.52. The third-order valence-corrected chi connectivity index (χ3v) is 3.86. The quantitative estimate of drug-likeness (QED) is 0.799. The highest BCUT2D eigenvalue weighted by Gasteiger charge is 2.13. The van der Waals surface area contributed by atoms with E-state index in [0.717, 1.165) is 28.0 Å². The molecule has 1 aromatic heterocycles. The molecule has 23 heavy (non-hydrogen) atoms. The van der Waals surface area contributed by atoms with Crippen LogP contribution in [0.4, 0.5) is 5.69 Å². The lowest BCUT2D eigenvalue weighted by atomic mass is 10.1. The fourth-order valence-electron chi connectivity index (χ4n) is 2.40. The number of ether oxygens (including phenoxy) is 1. The number of rotatable bonds is 4. The molecule has 118 valence electrons. The smallest absolute Gasteiger partial charge is 0.230 e. The van der Waals surface area contributed by atoms with Crippen LogP contribution in [0.25, 0.3) is 11.0 Å². The van der Waals surface area contributed by atoms with E-state index in [2.05, 4.69) is 10.5 Å². The number of carbonyl (C=O) groups is 1. The maximum Gasteiger partial charge on any atom is 0.230 e. The standard InChI is InChI=1S/C18H18N2O3/c1-11-8-15-16(20-23-17(15)9-12(11)2)10-18(21)19-13-4-6-14(22-3)7-5-13/h4-9H,10H2,1-3H3,(H,19,21). The van der Waals surface area contributed by atoms with Crippen LogP contribution in [-0.2, 0) is 11.2 Å². The number of nitrogens with one attached hydrogen (secondary N) is 1. The van der Waals surface area contributed by atoms with Crippen LogP contribution in [0.5, 0.6) is 5.75 Å². The van der Waals surface area contributed by atoms with Gasteiger partial charge in [-0.25, -0.2) is 0 Å². The number of hydrogen-bond acceptors (Lipinski definition) is 4. The number of methoxy groups -OCH3 is 1. The summed E-state index contributed by atoms with van der Waals surface area (Å²) in [5.41, 5.74) is 4.37. The lowest BCUT2D eigenvalue weighted by molar-refractivity contribution is -0.115. The molecule has 5 nitrogen and oxygen atoms in total. The SMILES string of the molecule is COc1ccc(NC(=O)Cc2noc3cc(C)c(C)cc23)cc1. The van der Waals surface area contributed by atoms with Gasteiger partial charge in [0.1, 0.15) is 11.4 Å². The first-order chi connectivity index (χ1) is 11.1. The van der Waals surface area contributed by atoms with Gasteiger partial charge in [-0.3, -0.25) is 4.79 Å². The van der Waals surface area contributed by atoms with E-state index in [9.17, 15) is 4.79 Å². The van der Waals surface area contributed by atoms with Gasteiger partial charge in [0.2, 0.25) is 5.91 Å². The maximum atomic E-state index is 12.2. The van der Waals surface area contributed by atoms with Crippen LogP contribution in [0.2, 0.25) is 0 Å². The van der Waals surface area contributed by atoms with Crippen LogP contribution in [0.3, 0.4) is 0 Å². The Kier molecular flexibility index (Phi) is 4.02. The van der Waals surface area contributed by atoms with Crippen molar-refractivity contribution in [3.8, 4) is 5.75 Å². The third kappa shape index (κ3) is 3.18. The average Bonchev–Trinajstić information content (AvgIpc) is 2.90. The molecule has 0 bridgehead atoms. The summed E-state index contributed by atoms with van der Waals surface area (Å²) in [6.45, 7) is 4.05. The zero-order valence-corrected chi connectivity index (χ0v) is 13.3. The lowest BCUT2D eigenvalue weighted by Crippen LogP contribution is -2.14. The Balaban J connectivity index is 1.76. The van der Waals surface area contributed by atoms with Gasteiger partial charge in [-0.05, 0) is 61.4 Å². The van der Waals surface area contributed by atoms with Crippen LogP contribution < -0.4 is 10.1 Å². The Hall–Kier alpha value is -2.82. The zero-order valence-electron chi connectivity index (χ0n) is 13.3. The van der Waals surface area contributed by atoms with Gasteiger partial charge in [-0.15, -0.1) is 0 Å². The molecule has 3 rings (SSSR count). The van der Waals surface area contributed by atoms with Crippen LogP contribution >= 0.6 is 0 Å². The highest BCUT2D eigenvalue weighted by Crippen LogP contribution is 2.23. The fourth-order valence-corrected chi connectivity index (χ4v) is 2.40. The number of aryl methyl sites for hydroxylation is 2. The van der Waals surface area contributed by atoms with Crippen LogP contribution in [-0.4, -0.2) is 18.2 Å². The highest BCUT2D eigenvalue weighted by molar-refractivity contribution is 5.94. The fraction of sp³-hybridized carbons (Fsp3) is 0.222. The van der Waals surface area contributed by atoms with E-state index >= 15 is 0 Å². The minimum absolute atomic E-state index is 0.136. The summed E-state index contributed by atoms with van der Waals surface area (Å²) in [6, 6.07) is 11.1. The monoisotopic (exact) mass is 310 g/mol. The minimum Gasteiger partial charge on any atom is -0.497 e. The summed E-state index contributed by atoms with van der Waals surface area (Å²) in [5, 5.41) is 7.76. The van der Waals surface area contributed by atoms with Crippen LogP contribution in [0.1, 0.15) is 16.8 Å². The van der Waals surface area contributed by atoms with Gasteiger partial charge in [-0.1, -0.05) is 5.16 Å². The van der Waals surface area contributed by atoms with E-state index in [1.54, 1.807) is 31.4 Å². The molecule has 0 radical (unpaired) electrons. The summed E-state index contributed by atoms with van der Waals surface area (Å²) in [6.07, 6.45) is 0.168. The maximum absolute atomic E-state index is 12.2. The number of anilines is 1. The summed E-state index contributed by atoms with van der Waals surface area (Å²) in [4.78, 5) is 12.2. The van der Waals surface area contributed by atoms with Gasteiger partial charge in [-0.2, -0.15) is 0 Å². The average molecular weight is 310 g/mol. The Labute approximate surface area is 134 Å². The van der Waals surface area contributed by atoms with Crippen molar-refractivity contribution >= 4 is 22.6 Å². The van der Waals surface area contributed by atoms with Crippen molar-refractivity contribution in [2.75, 3.05) is 12.4 Å². The molecule has 1 amide bonds. The minimum atomic E-state index is -0.136. The van der Waals surface area contributed by atoms with E-state index < -0.39 is 0 Å². The Bertz CT molecular complexity index is 851. The zero-order chi connectivity index (χ0) is 16.4. The van der Waals surface area contributed by atoms with E-state index in [1.165, 1.54) is 0 Å². The van der Waals surface area contributed by atoms with Crippen LogP contribution in [0.15, 0.2) is 40.9 Å². The molecule has 0 aliphatic rings. The van der Waals surface area contributed by atoms with Gasteiger partial charge in [0.15, 0.2) is 5.58 Å². The number of benzene rings is 2. The number of amides is 1. The van der Waals surface area contributed by atoms with Crippen molar-refractivity contribution in [2.45, 2.75) is 20.3 Å². The van der Waals surface area contributed by atoms with Crippen LogP contribution in [0, 0.1) is 13.8 Å². The Morgan fingerprint density at radius 2 is 1.87 bits per heavy atom. The van der Waals surface area contributed by atoms with Crippen molar-refractivity contribution in [3.63, 3.8) is 0 Å². The van der Waals surface area contributed by atoms with Gasteiger partial charge in [0.05, 0.1) is 13.5 Å². The van der Waals surface area contributed by atoms with Crippen molar-refractivity contribution in [1.29, 1.82) is 0 Å². The number of fused-ring (bicyclic) bond motifs is 1. The third-order valence-electron chi connectivity index (χ3n) is 3.86. The van der Waals surface area contributed by atoms with Gasteiger partial charge >= 0.3 is 0 Å². The van der Waals surface area contributed by atoms with Gasteiger partial charge < -0.3 is 14.6 Å². The molecule has 0 unspecified atom stereocenters. The molecule has 5 heteroatoms. The molecule has 0 spiro atoms. The molecule has 0 aliphatic carbocycles. The highest BCUT2D eigenvalue weighted by atomic mass is 16.5. The molecule has 0 fully saturated rings. The summed E-state index contributed by atoms with van der Waals surface area (Å²) in [7, 11) is 1.60. The summed E-state index contributed by atoms with van der Waals surface area (Å²) in [5.74, 6) is 0.611. The number of nitrogens with zero attached hydrogens (tertiary/aromatic N) is 1. The first-order valence-electron chi connectivity index (χ1n) is 7.36. The van der Waals surface area contributed by atoms with Crippen molar-refractivity contribution < 1.29 is 14.1 Å². The molecule has 3 aromatic rings. The van der Waals surface area contributed by atoms with E-state index in [1.807, 2.05) is 26.0 Å². The Morgan fingerprint density at radius 3 is 2.57 bits per heavy atom. The molecule has 1 heterocycles. The second-order valence-corrected chi connectivity index (χ2v) is 5.52. The van der Waals surface area contributed by atoms with Crippen molar-refractivity contribution in [3.05, 3.63) is 53.2 Å². The topological polar surface area (TPSA) is 64.4 Å². The Morgan fingerprint density at radius 1 is 1.17 bits per heavy atom. The molecular weight excluding hydrogens is 292 g/mol. The van der Waals surface area contributed by atoms with Crippen molar-refractivity contribution in [1.82, 2.24) is 5.16 Å². The van der Waals surface area contributed by atoms with Gasteiger partial charge in [0, 0.05) is 11.1 Å². The number of carbonyl (C=O) groups excluding carboxylic acids is 1. The predicted molar refractivity (Wildman–Crippen MR) is 88.8 cm³/mol. The van der Waals surface area contributed by atoms with Gasteiger partial charge in [0.25, 0.3) is 0 Å². The molecule has 0 saturated heterocycles. The normalized spacial score (nSPS) is 10.7.